The van der Waals surface area contributed by atoms with Crippen molar-refractivity contribution < 1.29 is 18.3 Å². The maximum atomic E-state index is 12.5. The average molecular weight is 431 g/mol. The van der Waals surface area contributed by atoms with Gasteiger partial charge in [0, 0.05) is 17.0 Å². The number of ether oxygens (including phenoxy) is 2. The van der Waals surface area contributed by atoms with Gasteiger partial charge in [-0.05, 0) is 24.3 Å². The molecule has 0 aliphatic heterocycles. The van der Waals surface area contributed by atoms with Gasteiger partial charge in [-0.25, -0.2) is 4.68 Å². The first kappa shape index (κ1) is 21.8. The van der Waals surface area contributed by atoms with E-state index < -0.39 is 6.61 Å². The van der Waals surface area contributed by atoms with Gasteiger partial charge in [-0.2, -0.15) is 13.9 Å². The second kappa shape index (κ2) is 11.4. The van der Waals surface area contributed by atoms with Gasteiger partial charge < -0.3 is 9.47 Å². The molecule has 2 rings (SSSR count). The van der Waals surface area contributed by atoms with E-state index >= 15 is 0 Å². The molecule has 1 aromatic carbocycles. The molecule has 2 aromatic rings. The molecular formula is C18H21BrF2N2O3. The highest BCUT2D eigenvalue weighted by Crippen LogP contribution is 2.32. The van der Waals surface area contributed by atoms with E-state index in [1.54, 1.807) is 12.1 Å². The van der Waals surface area contributed by atoms with Gasteiger partial charge >= 0.3 is 6.61 Å². The molecule has 0 amide bonds. The molecule has 26 heavy (non-hydrogen) atoms. The third-order valence-corrected chi connectivity index (χ3v) is 3.45. The number of methoxy groups -OCH3 is 1. The molecule has 0 atom stereocenters. The van der Waals surface area contributed by atoms with Crippen molar-refractivity contribution in [2.24, 2.45) is 0 Å². The van der Waals surface area contributed by atoms with E-state index in [4.69, 9.17) is 4.74 Å². The Hall–Kier alpha value is -2.22. The van der Waals surface area contributed by atoms with Gasteiger partial charge in [0.25, 0.3) is 5.56 Å². The van der Waals surface area contributed by atoms with Crippen molar-refractivity contribution in [1.82, 2.24) is 9.78 Å². The maximum Gasteiger partial charge on any atom is 0.387 e. The minimum Gasteiger partial charge on any atom is -0.493 e. The van der Waals surface area contributed by atoms with Crippen LogP contribution in [0.5, 0.6) is 11.5 Å². The van der Waals surface area contributed by atoms with E-state index in [1.807, 2.05) is 19.9 Å². The first-order valence-corrected chi connectivity index (χ1v) is 9.09. The molecule has 0 saturated carbocycles. The van der Waals surface area contributed by atoms with Crippen LogP contribution in [0.3, 0.4) is 0 Å². The molecule has 0 fully saturated rings. The number of alkyl halides is 3. The molecule has 0 aliphatic rings. The molecule has 0 aliphatic carbocycles. The number of hydrogen-bond donors (Lipinski definition) is 0. The Morgan fingerprint density at radius 3 is 2.54 bits per heavy atom. The molecule has 142 valence electrons. The quantitative estimate of drug-likeness (QED) is 0.479. The Morgan fingerprint density at radius 1 is 1.19 bits per heavy atom. The second-order valence-corrected chi connectivity index (χ2v) is 5.26. The standard InChI is InChI=1S/C16H15BrF2N2O3.C2H6/c1-23-13-6-4-11(10-14(13)24-16(18)19)12-5-7-15(22)21(20-12)9-3-2-8-17;1-2/h2-7,10,16H,8-9H2,1H3;1-2H3/b3-2+;. The van der Waals surface area contributed by atoms with Crippen LogP contribution in [0.25, 0.3) is 11.3 Å². The molecule has 0 radical (unpaired) electrons. The Balaban J connectivity index is 0.00000163. The van der Waals surface area contributed by atoms with E-state index in [9.17, 15) is 13.6 Å². The molecule has 8 heteroatoms. The van der Waals surface area contributed by atoms with Crippen LogP contribution < -0.4 is 15.0 Å². The highest BCUT2D eigenvalue weighted by molar-refractivity contribution is 9.09. The first-order chi connectivity index (χ1) is 12.5. The molecule has 0 spiro atoms. The number of rotatable bonds is 7. The lowest BCUT2D eigenvalue weighted by atomic mass is 10.1. The summed E-state index contributed by atoms with van der Waals surface area (Å²) in [7, 11) is 1.36. The Morgan fingerprint density at radius 2 is 1.92 bits per heavy atom. The Kier molecular flexibility index (Phi) is 9.57. The molecule has 0 saturated heterocycles. The summed E-state index contributed by atoms with van der Waals surface area (Å²) in [5, 5.41) is 4.92. The Labute approximate surface area is 159 Å². The SMILES string of the molecule is CC.COc1ccc(-c2ccc(=O)n(C/C=C/CBr)n2)cc1OC(F)F. The fraction of sp³-hybridized carbons (Fsp3) is 0.333. The fourth-order valence-electron chi connectivity index (χ4n) is 2.00. The van der Waals surface area contributed by atoms with Crippen molar-refractivity contribution in [3.8, 4) is 22.8 Å². The average Bonchev–Trinajstić information content (AvgIpc) is 2.64. The molecule has 0 N–H and O–H groups in total. The number of benzene rings is 1. The number of aromatic nitrogens is 2. The van der Waals surface area contributed by atoms with E-state index in [1.165, 1.54) is 36.1 Å². The van der Waals surface area contributed by atoms with Crippen molar-refractivity contribution in [3.05, 3.63) is 52.8 Å². The third-order valence-electron chi connectivity index (χ3n) is 3.08. The summed E-state index contributed by atoms with van der Waals surface area (Å²) in [4.78, 5) is 11.8. The van der Waals surface area contributed by atoms with Crippen LogP contribution in [-0.4, -0.2) is 28.8 Å². The van der Waals surface area contributed by atoms with E-state index in [0.29, 0.717) is 23.1 Å². The van der Waals surface area contributed by atoms with Crippen molar-refractivity contribution >= 4 is 15.9 Å². The zero-order chi connectivity index (χ0) is 19.5. The highest BCUT2D eigenvalue weighted by Gasteiger charge is 2.13. The summed E-state index contributed by atoms with van der Waals surface area (Å²) in [5.74, 6) is 0.0939. The van der Waals surface area contributed by atoms with Crippen molar-refractivity contribution in [1.29, 1.82) is 0 Å². The first-order valence-electron chi connectivity index (χ1n) is 7.97. The summed E-state index contributed by atoms with van der Waals surface area (Å²) in [6, 6.07) is 7.47. The number of halogens is 3. The summed E-state index contributed by atoms with van der Waals surface area (Å²) >= 11 is 3.25. The largest absolute Gasteiger partial charge is 0.493 e. The van der Waals surface area contributed by atoms with Gasteiger partial charge in [0.2, 0.25) is 0 Å². The van der Waals surface area contributed by atoms with Crippen molar-refractivity contribution in [2.75, 3.05) is 12.4 Å². The van der Waals surface area contributed by atoms with Gasteiger partial charge in [0.15, 0.2) is 11.5 Å². The van der Waals surface area contributed by atoms with Gasteiger partial charge in [-0.1, -0.05) is 41.9 Å². The zero-order valence-electron chi connectivity index (χ0n) is 14.8. The van der Waals surface area contributed by atoms with Crippen LogP contribution in [0.4, 0.5) is 8.78 Å². The molecule has 0 unspecified atom stereocenters. The lowest BCUT2D eigenvalue weighted by Crippen LogP contribution is -2.21. The normalized spacial score (nSPS) is 10.6. The maximum absolute atomic E-state index is 12.5. The van der Waals surface area contributed by atoms with Gasteiger partial charge in [0.05, 0.1) is 19.3 Å². The van der Waals surface area contributed by atoms with Crippen LogP contribution in [0.2, 0.25) is 0 Å². The monoisotopic (exact) mass is 430 g/mol. The molecule has 0 bridgehead atoms. The Bertz CT molecular complexity index is 779. The van der Waals surface area contributed by atoms with Crippen LogP contribution >= 0.6 is 15.9 Å². The summed E-state index contributed by atoms with van der Waals surface area (Å²) in [5.41, 5.74) is 0.740. The number of allylic oxidation sites excluding steroid dienone is 2. The topological polar surface area (TPSA) is 53.4 Å². The van der Waals surface area contributed by atoms with Crippen molar-refractivity contribution in [2.45, 2.75) is 27.0 Å². The fourth-order valence-corrected chi connectivity index (χ4v) is 2.26. The van der Waals surface area contributed by atoms with Crippen molar-refractivity contribution in [3.63, 3.8) is 0 Å². The predicted molar refractivity (Wildman–Crippen MR) is 101 cm³/mol. The summed E-state index contributed by atoms with van der Waals surface area (Å²) in [6.45, 7) is 1.35. The van der Waals surface area contributed by atoms with E-state index in [-0.39, 0.29) is 17.1 Å². The van der Waals surface area contributed by atoms with E-state index in [0.717, 1.165) is 0 Å². The van der Waals surface area contributed by atoms with E-state index in [2.05, 4.69) is 25.8 Å². The lowest BCUT2D eigenvalue weighted by Gasteiger charge is -2.12. The van der Waals surface area contributed by atoms with Gasteiger partial charge in [0.1, 0.15) is 0 Å². The minimum atomic E-state index is -2.97. The second-order valence-electron chi connectivity index (χ2n) is 4.61. The molecule has 1 heterocycles. The van der Waals surface area contributed by atoms with Crippen LogP contribution in [0, 0.1) is 0 Å². The molecular weight excluding hydrogens is 410 g/mol. The zero-order valence-corrected chi connectivity index (χ0v) is 16.4. The summed E-state index contributed by atoms with van der Waals surface area (Å²) in [6.07, 6.45) is 3.65. The smallest absolute Gasteiger partial charge is 0.387 e. The van der Waals surface area contributed by atoms with Crippen LogP contribution in [0.1, 0.15) is 13.8 Å². The van der Waals surface area contributed by atoms with Gasteiger partial charge in [-0.3, -0.25) is 4.79 Å². The van der Waals surface area contributed by atoms with Crippen LogP contribution in [-0.2, 0) is 6.54 Å². The lowest BCUT2D eigenvalue weighted by molar-refractivity contribution is -0.0511. The third kappa shape index (κ3) is 6.25. The minimum absolute atomic E-state index is 0.0938. The molecule has 1 aromatic heterocycles. The summed E-state index contributed by atoms with van der Waals surface area (Å²) < 4.78 is 35.8. The van der Waals surface area contributed by atoms with Crippen LogP contribution in [0.15, 0.2) is 47.3 Å². The number of hydrogen-bond acceptors (Lipinski definition) is 4. The predicted octanol–water partition coefficient (Wildman–Crippen LogP) is 4.50. The van der Waals surface area contributed by atoms with Gasteiger partial charge in [-0.15, -0.1) is 0 Å². The highest BCUT2D eigenvalue weighted by atomic mass is 79.9. The molecule has 5 nitrogen and oxygen atoms in total. The number of nitrogens with zero attached hydrogens (tertiary/aromatic N) is 2.